The maximum absolute atomic E-state index is 13.5. The van der Waals surface area contributed by atoms with E-state index in [0.717, 1.165) is 0 Å². The Hall–Kier alpha value is -2.09. The van der Waals surface area contributed by atoms with E-state index in [1.807, 2.05) is 0 Å². The van der Waals surface area contributed by atoms with Crippen LogP contribution in [-0.4, -0.2) is 5.11 Å². The number of halogens is 2. The summed E-state index contributed by atoms with van der Waals surface area (Å²) in [5, 5.41) is 18.7. The van der Waals surface area contributed by atoms with E-state index in [0.29, 0.717) is 5.56 Å². The summed E-state index contributed by atoms with van der Waals surface area (Å²) in [6, 6.07) is 10.6. The number of nitriles is 1. The van der Waals surface area contributed by atoms with Crippen LogP contribution in [0.15, 0.2) is 36.4 Å². The first-order valence-electron chi connectivity index (χ1n) is 5.87. The van der Waals surface area contributed by atoms with Crippen LogP contribution in [-0.2, 0) is 0 Å². The number of nitrogens with zero attached hydrogens (tertiary/aromatic N) is 1. The molecule has 0 heterocycles. The minimum Gasteiger partial charge on any atom is -0.454 e. The van der Waals surface area contributed by atoms with E-state index in [-0.39, 0.29) is 22.1 Å². The van der Waals surface area contributed by atoms with E-state index in [1.54, 1.807) is 31.2 Å². The number of aliphatic hydroxyl groups excluding tert-OH is 1. The van der Waals surface area contributed by atoms with Crippen molar-refractivity contribution < 1.29 is 14.2 Å². The summed E-state index contributed by atoms with van der Waals surface area (Å²) in [6.07, 6.45) is -0.648. The molecular formula is C15H11ClFNO2. The van der Waals surface area contributed by atoms with E-state index >= 15 is 0 Å². The molecule has 0 radical (unpaired) electrons. The van der Waals surface area contributed by atoms with E-state index in [2.05, 4.69) is 0 Å². The molecular weight excluding hydrogens is 281 g/mol. The third kappa shape index (κ3) is 2.90. The molecule has 0 saturated heterocycles. The van der Waals surface area contributed by atoms with Crippen LogP contribution in [0.2, 0.25) is 5.02 Å². The van der Waals surface area contributed by atoms with Crippen LogP contribution in [0, 0.1) is 17.1 Å². The minimum absolute atomic E-state index is 0.0965. The second-order valence-electron chi connectivity index (χ2n) is 4.19. The molecule has 20 heavy (non-hydrogen) atoms. The van der Waals surface area contributed by atoms with Crippen LogP contribution < -0.4 is 4.74 Å². The number of hydrogen-bond acceptors (Lipinski definition) is 3. The predicted octanol–water partition coefficient (Wildman–Crippen LogP) is 4.20. The summed E-state index contributed by atoms with van der Waals surface area (Å²) in [4.78, 5) is 0. The average molecular weight is 292 g/mol. The highest BCUT2D eigenvalue weighted by atomic mass is 35.5. The fraction of sp³-hybridized carbons (Fsp3) is 0.133. The number of ether oxygens (including phenoxy) is 1. The predicted molar refractivity (Wildman–Crippen MR) is 73.3 cm³/mol. The standard InChI is InChI=1S/C15H11ClFNO2/c1-9(19)10-5-6-15(12(16)7-10)20-14-4-2-3-13(17)11(14)8-18/h2-7,9,19H,1H3/t9-/m1/s1. The molecule has 0 aromatic heterocycles. The van der Waals surface area contributed by atoms with Gasteiger partial charge < -0.3 is 9.84 Å². The first-order valence-corrected chi connectivity index (χ1v) is 6.24. The molecule has 5 heteroatoms. The van der Waals surface area contributed by atoms with Crippen molar-refractivity contribution in [3.05, 3.63) is 58.4 Å². The summed E-state index contributed by atoms with van der Waals surface area (Å²) in [5.74, 6) is -0.265. The average Bonchev–Trinajstić information content (AvgIpc) is 2.41. The topological polar surface area (TPSA) is 53.2 Å². The lowest BCUT2D eigenvalue weighted by Crippen LogP contribution is -1.94. The zero-order chi connectivity index (χ0) is 14.7. The van der Waals surface area contributed by atoms with Gasteiger partial charge in [0.2, 0.25) is 0 Å². The number of hydrogen-bond donors (Lipinski definition) is 1. The lowest BCUT2D eigenvalue weighted by Gasteiger charge is -2.11. The molecule has 2 rings (SSSR count). The smallest absolute Gasteiger partial charge is 0.148 e. The highest BCUT2D eigenvalue weighted by Crippen LogP contribution is 2.33. The van der Waals surface area contributed by atoms with Crippen LogP contribution >= 0.6 is 11.6 Å². The second-order valence-corrected chi connectivity index (χ2v) is 4.60. The maximum atomic E-state index is 13.5. The van der Waals surface area contributed by atoms with Gasteiger partial charge in [-0.1, -0.05) is 23.7 Å². The molecule has 0 fully saturated rings. The van der Waals surface area contributed by atoms with Crippen LogP contribution in [0.4, 0.5) is 4.39 Å². The molecule has 0 aliphatic carbocycles. The van der Waals surface area contributed by atoms with Crippen molar-refractivity contribution in [2.75, 3.05) is 0 Å². The summed E-state index contributed by atoms with van der Waals surface area (Å²) < 4.78 is 18.9. The van der Waals surface area contributed by atoms with Crippen molar-refractivity contribution in [3.8, 4) is 17.6 Å². The van der Waals surface area contributed by atoms with Gasteiger partial charge in [-0.3, -0.25) is 0 Å². The molecule has 0 amide bonds. The summed E-state index contributed by atoms with van der Waals surface area (Å²) in [5.41, 5.74) is 0.463. The van der Waals surface area contributed by atoms with E-state index in [1.165, 1.54) is 18.2 Å². The highest BCUT2D eigenvalue weighted by Gasteiger charge is 2.12. The first kappa shape index (κ1) is 14.3. The van der Waals surface area contributed by atoms with Gasteiger partial charge in [0.15, 0.2) is 0 Å². The van der Waals surface area contributed by atoms with E-state index in [9.17, 15) is 9.50 Å². The molecule has 2 aromatic carbocycles. The zero-order valence-corrected chi connectivity index (χ0v) is 11.4. The van der Waals surface area contributed by atoms with Gasteiger partial charge in [0.25, 0.3) is 0 Å². The van der Waals surface area contributed by atoms with Crippen LogP contribution in [0.5, 0.6) is 11.5 Å². The molecule has 102 valence electrons. The Balaban J connectivity index is 2.36. The van der Waals surface area contributed by atoms with E-state index < -0.39 is 11.9 Å². The van der Waals surface area contributed by atoms with Crippen molar-refractivity contribution in [1.29, 1.82) is 5.26 Å². The van der Waals surface area contributed by atoms with Gasteiger partial charge in [0, 0.05) is 0 Å². The second kappa shape index (κ2) is 5.91. The molecule has 3 nitrogen and oxygen atoms in total. The molecule has 0 spiro atoms. The lowest BCUT2D eigenvalue weighted by atomic mass is 10.1. The monoisotopic (exact) mass is 291 g/mol. The Kier molecular flexibility index (Phi) is 4.23. The molecule has 0 unspecified atom stereocenters. The quantitative estimate of drug-likeness (QED) is 0.922. The van der Waals surface area contributed by atoms with Crippen molar-refractivity contribution in [2.45, 2.75) is 13.0 Å². The SMILES string of the molecule is C[C@@H](O)c1ccc(Oc2cccc(F)c2C#N)c(Cl)c1. The maximum Gasteiger partial charge on any atom is 0.148 e. The number of rotatable bonds is 3. The van der Waals surface area contributed by atoms with Crippen LogP contribution in [0.3, 0.4) is 0 Å². The van der Waals surface area contributed by atoms with Gasteiger partial charge in [0.1, 0.15) is 28.9 Å². The summed E-state index contributed by atoms with van der Waals surface area (Å²) >= 11 is 6.05. The molecule has 1 atom stereocenters. The molecule has 0 bridgehead atoms. The van der Waals surface area contributed by atoms with Gasteiger partial charge in [-0.25, -0.2) is 4.39 Å². The van der Waals surface area contributed by atoms with Crippen molar-refractivity contribution >= 4 is 11.6 Å². The Morgan fingerprint density at radius 1 is 1.30 bits per heavy atom. The highest BCUT2D eigenvalue weighted by molar-refractivity contribution is 6.32. The van der Waals surface area contributed by atoms with Crippen LogP contribution in [0.1, 0.15) is 24.2 Å². The third-order valence-electron chi connectivity index (χ3n) is 2.75. The molecule has 0 aliphatic rings. The number of benzene rings is 2. The minimum atomic E-state index is -0.651. The molecule has 2 aromatic rings. The van der Waals surface area contributed by atoms with E-state index in [4.69, 9.17) is 21.6 Å². The largest absolute Gasteiger partial charge is 0.454 e. The normalized spacial score (nSPS) is 11.8. The first-order chi connectivity index (χ1) is 9.52. The van der Waals surface area contributed by atoms with Crippen LogP contribution in [0.25, 0.3) is 0 Å². The summed E-state index contributed by atoms with van der Waals surface area (Å²) in [7, 11) is 0. The van der Waals surface area contributed by atoms with Crippen molar-refractivity contribution in [3.63, 3.8) is 0 Å². The van der Waals surface area contributed by atoms with Gasteiger partial charge in [-0.15, -0.1) is 0 Å². The summed E-state index contributed by atoms with van der Waals surface area (Å²) in [6.45, 7) is 1.62. The molecule has 0 aliphatic heterocycles. The Bertz CT molecular complexity index is 680. The van der Waals surface area contributed by atoms with Gasteiger partial charge in [-0.05, 0) is 36.8 Å². The molecule has 1 N–H and O–H groups in total. The molecule has 0 saturated carbocycles. The van der Waals surface area contributed by atoms with Gasteiger partial charge >= 0.3 is 0 Å². The van der Waals surface area contributed by atoms with Gasteiger partial charge in [0.05, 0.1) is 11.1 Å². The Morgan fingerprint density at radius 2 is 2.05 bits per heavy atom. The van der Waals surface area contributed by atoms with Crippen molar-refractivity contribution in [1.82, 2.24) is 0 Å². The zero-order valence-electron chi connectivity index (χ0n) is 10.6. The fourth-order valence-electron chi connectivity index (χ4n) is 1.68. The Morgan fingerprint density at radius 3 is 2.65 bits per heavy atom. The fourth-order valence-corrected chi connectivity index (χ4v) is 1.90. The van der Waals surface area contributed by atoms with Crippen molar-refractivity contribution in [2.24, 2.45) is 0 Å². The number of aliphatic hydroxyl groups is 1. The Labute approximate surface area is 120 Å². The lowest BCUT2D eigenvalue weighted by molar-refractivity contribution is 0.199. The van der Waals surface area contributed by atoms with Gasteiger partial charge in [-0.2, -0.15) is 5.26 Å². The third-order valence-corrected chi connectivity index (χ3v) is 3.04.